The smallest absolute Gasteiger partial charge is 0.0965 e. The first kappa shape index (κ1) is 13.0. The molecular weight excluding hydrogens is 439 g/mol. The van der Waals surface area contributed by atoms with Crippen molar-refractivity contribution in [3.05, 3.63) is 35.4 Å². The second-order valence-electron chi connectivity index (χ2n) is 2.42. The summed E-state index contributed by atoms with van der Waals surface area (Å²) in [5, 5.41) is 3.09. The molecule has 1 rings (SSSR count). The summed E-state index contributed by atoms with van der Waals surface area (Å²) < 4.78 is -0.0430. The summed E-state index contributed by atoms with van der Waals surface area (Å²) in [4.78, 5) is 0. The molecule has 74 valence electrons. The van der Waals surface area contributed by atoms with Gasteiger partial charge < -0.3 is 5.73 Å². The van der Waals surface area contributed by atoms with Crippen LogP contribution in [0.3, 0.4) is 0 Å². The van der Waals surface area contributed by atoms with Crippen LogP contribution in [0.15, 0.2) is 24.3 Å². The summed E-state index contributed by atoms with van der Waals surface area (Å²) in [7, 11) is 0. The first-order valence-corrected chi connectivity index (χ1v) is 12.1. The lowest BCUT2D eigenvalue weighted by molar-refractivity contribution is 1.07. The first-order chi connectivity index (χ1) is 6.72. The number of hydrogen-bond donors (Lipinski definition) is 1. The predicted octanol–water partition coefficient (Wildman–Crippen LogP) is 4.28. The van der Waals surface area contributed by atoms with Crippen molar-refractivity contribution in [2.24, 2.45) is 5.73 Å². The van der Waals surface area contributed by atoms with Crippen LogP contribution < -0.4 is 5.73 Å². The van der Waals surface area contributed by atoms with Gasteiger partial charge in [0.05, 0.1) is 2.41 Å². The topological polar surface area (TPSA) is 26.0 Å². The average Bonchev–Trinajstić information content (AvgIpc) is 2.18. The lowest BCUT2D eigenvalue weighted by Crippen LogP contribution is -1.95. The van der Waals surface area contributed by atoms with Crippen LogP contribution in [0.4, 0.5) is 0 Å². The standard InChI is InChI=1S/C9H8I2NPS/c10-13(11)14-6-5-8-1-3-9(7-12)4-2-8/h1-4H,7,12H2. The van der Waals surface area contributed by atoms with E-state index in [-0.39, 0.29) is 2.41 Å². The van der Waals surface area contributed by atoms with Gasteiger partial charge in [-0.3, -0.25) is 0 Å². The molecule has 0 aliphatic heterocycles. The largest absolute Gasteiger partial charge is 0.326 e. The van der Waals surface area contributed by atoms with Crippen LogP contribution in [-0.4, -0.2) is 0 Å². The lowest BCUT2D eigenvalue weighted by atomic mass is 10.1. The third-order valence-corrected chi connectivity index (χ3v) is 6.06. The van der Waals surface area contributed by atoms with Crippen molar-refractivity contribution >= 4 is 57.9 Å². The van der Waals surface area contributed by atoms with E-state index < -0.39 is 0 Å². The van der Waals surface area contributed by atoms with Crippen LogP contribution >= 0.6 is 57.9 Å². The maximum absolute atomic E-state index is 5.50. The molecule has 0 aliphatic carbocycles. The van der Waals surface area contributed by atoms with E-state index in [1.807, 2.05) is 24.3 Å². The number of hydrogen-bond acceptors (Lipinski definition) is 2. The van der Waals surface area contributed by atoms with E-state index in [2.05, 4.69) is 55.3 Å². The molecule has 0 saturated carbocycles. The summed E-state index contributed by atoms with van der Waals surface area (Å²) in [6, 6.07) is 8.06. The molecule has 0 aliphatic rings. The van der Waals surface area contributed by atoms with Crippen LogP contribution in [0.25, 0.3) is 0 Å². The molecule has 0 spiro atoms. The van der Waals surface area contributed by atoms with Gasteiger partial charge in [0.15, 0.2) is 0 Å². The van der Waals surface area contributed by atoms with E-state index >= 15 is 0 Å². The Kier molecular flexibility index (Phi) is 6.79. The quantitative estimate of drug-likeness (QED) is 0.417. The molecule has 0 unspecified atom stereocenters. The second-order valence-corrected chi connectivity index (χ2v) is 20.1. The Morgan fingerprint density at radius 3 is 2.43 bits per heavy atom. The van der Waals surface area contributed by atoms with Crippen LogP contribution in [0, 0.1) is 11.2 Å². The molecule has 0 amide bonds. The maximum atomic E-state index is 5.50. The van der Waals surface area contributed by atoms with Crippen molar-refractivity contribution in [3.8, 4) is 11.2 Å². The summed E-state index contributed by atoms with van der Waals surface area (Å²) in [5.41, 5.74) is 7.70. The molecule has 0 fully saturated rings. The highest BCUT2D eigenvalue weighted by molar-refractivity contribution is 14.3. The number of halogens is 2. The minimum atomic E-state index is -0.0430. The summed E-state index contributed by atoms with van der Waals surface area (Å²) in [6.45, 7) is 0.593. The predicted molar refractivity (Wildman–Crippen MR) is 83.8 cm³/mol. The maximum Gasteiger partial charge on any atom is 0.0965 e. The molecular formula is C9H8I2NPS. The van der Waals surface area contributed by atoms with Gasteiger partial charge in [0.2, 0.25) is 0 Å². The van der Waals surface area contributed by atoms with Crippen molar-refractivity contribution in [1.29, 1.82) is 0 Å². The minimum Gasteiger partial charge on any atom is -0.326 e. The zero-order chi connectivity index (χ0) is 10.4. The van der Waals surface area contributed by atoms with Crippen LogP contribution in [-0.2, 0) is 6.54 Å². The van der Waals surface area contributed by atoms with E-state index in [4.69, 9.17) is 5.73 Å². The van der Waals surface area contributed by atoms with E-state index in [1.165, 1.54) is 0 Å². The molecule has 14 heavy (non-hydrogen) atoms. The Balaban J connectivity index is 2.62. The fourth-order valence-electron chi connectivity index (χ4n) is 0.840. The molecule has 0 bridgehead atoms. The van der Waals surface area contributed by atoms with Gasteiger partial charge in [-0.15, -0.1) is 0 Å². The van der Waals surface area contributed by atoms with Crippen molar-refractivity contribution < 1.29 is 0 Å². The van der Waals surface area contributed by atoms with Crippen molar-refractivity contribution in [3.63, 3.8) is 0 Å². The molecule has 0 atom stereocenters. The van der Waals surface area contributed by atoms with Crippen molar-refractivity contribution in [2.75, 3.05) is 0 Å². The van der Waals surface area contributed by atoms with Crippen molar-refractivity contribution in [1.82, 2.24) is 0 Å². The van der Waals surface area contributed by atoms with E-state index in [0.717, 1.165) is 11.1 Å². The van der Waals surface area contributed by atoms with Crippen molar-refractivity contribution in [2.45, 2.75) is 6.54 Å². The van der Waals surface area contributed by atoms with E-state index in [0.29, 0.717) is 6.54 Å². The first-order valence-electron chi connectivity index (χ1n) is 3.81. The van der Waals surface area contributed by atoms with Gasteiger partial charge in [0, 0.05) is 12.1 Å². The molecule has 1 aromatic rings. The molecule has 0 radical (unpaired) electrons. The van der Waals surface area contributed by atoms with Gasteiger partial charge in [-0.25, -0.2) is 0 Å². The van der Waals surface area contributed by atoms with Gasteiger partial charge in [-0.2, -0.15) is 0 Å². The average molecular weight is 447 g/mol. The highest BCUT2D eigenvalue weighted by Gasteiger charge is 1.92. The van der Waals surface area contributed by atoms with Crippen LogP contribution in [0.5, 0.6) is 0 Å². The fraction of sp³-hybridized carbons (Fsp3) is 0.111. The van der Waals surface area contributed by atoms with Gasteiger partial charge in [0.1, 0.15) is 0 Å². The summed E-state index contributed by atoms with van der Waals surface area (Å²) in [6.07, 6.45) is 0. The molecule has 0 saturated heterocycles. The number of nitrogens with two attached hydrogens (primary N) is 1. The molecule has 1 aromatic carbocycles. The number of rotatable bonds is 2. The zero-order valence-corrected chi connectivity index (χ0v) is 13.2. The Bertz CT molecular complexity index is 342. The Labute approximate surface area is 115 Å². The third-order valence-electron chi connectivity index (χ3n) is 1.50. The van der Waals surface area contributed by atoms with Gasteiger partial charge in [-0.05, 0) is 78.4 Å². The molecule has 0 aromatic heterocycles. The lowest BCUT2D eigenvalue weighted by Gasteiger charge is -1.95. The SMILES string of the molecule is NCc1ccc(C#CSP(I)I)cc1. The van der Waals surface area contributed by atoms with E-state index in [1.54, 1.807) is 11.4 Å². The fourth-order valence-corrected chi connectivity index (χ4v) is 3.19. The minimum absolute atomic E-state index is 0.0430. The summed E-state index contributed by atoms with van der Waals surface area (Å²) >= 11 is 6.47. The zero-order valence-electron chi connectivity index (χ0n) is 7.21. The normalized spacial score (nSPS) is 9.71. The monoisotopic (exact) mass is 447 g/mol. The third kappa shape index (κ3) is 5.17. The van der Waals surface area contributed by atoms with Gasteiger partial charge in [0.25, 0.3) is 0 Å². The van der Waals surface area contributed by atoms with Crippen LogP contribution in [0.2, 0.25) is 0 Å². The summed E-state index contributed by atoms with van der Waals surface area (Å²) in [5.74, 6) is 3.11. The molecule has 5 heteroatoms. The highest BCUT2D eigenvalue weighted by Crippen LogP contribution is 2.64. The Morgan fingerprint density at radius 2 is 1.93 bits per heavy atom. The van der Waals surface area contributed by atoms with Gasteiger partial charge >= 0.3 is 0 Å². The second kappa shape index (κ2) is 7.29. The van der Waals surface area contributed by atoms with E-state index in [9.17, 15) is 0 Å². The number of benzene rings is 1. The van der Waals surface area contributed by atoms with Crippen LogP contribution in [0.1, 0.15) is 11.1 Å². The molecule has 2 N–H and O–H groups in total. The highest BCUT2D eigenvalue weighted by atomic mass is 127. The Morgan fingerprint density at radius 1 is 1.29 bits per heavy atom. The van der Waals surface area contributed by atoms with Gasteiger partial charge in [-0.1, -0.05) is 18.1 Å². The molecule has 1 nitrogen and oxygen atoms in total. The Hall–Kier alpha value is 0.980. The molecule has 0 heterocycles.